The number of methoxy groups -OCH3 is 1. The summed E-state index contributed by atoms with van der Waals surface area (Å²) < 4.78 is 4.66. The summed E-state index contributed by atoms with van der Waals surface area (Å²) in [5.74, 6) is 0.550. The highest BCUT2D eigenvalue weighted by atomic mass is 16.5. The van der Waals surface area contributed by atoms with Crippen LogP contribution in [0, 0.1) is 23.7 Å². The SMILES string of the molecule is COC(=O)C(C)CNC(=O)C1CC2CCCC(C1)C2N. The molecule has 2 saturated carbocycles. The van der Waals surface area contributed by atoms with Crippen LogP contribution in [0.25, 0.3) is 0 Å². The summed E-state index contributed by atoms with van der Waals surface area (Å²) in [7, 11) is 1.37. The van der Waals surface area contributed by atoms with Crippen LogP contribution in [0.15, 0.2) is 0 Å². The van der Waals surface area contributed by atoms with Gasteiger partial charge in [0.25, 0.3) is 0 Å². The molecule has 5 heteroatoms. The lowest BCUT2D eigenvalue weighted by Crippen LogP contribution is -2.49. The van der Waals surface area contributed by atoms with Gasteiger partial charge in [0.2, 0.25) is 5.91 Å². The van der Waals surface area contributed by atoms with Crippen molar-refractivity contribution in [3.8, 4) is 0 Å². The summed E-state index contributed by atoms with van der Waals surface area (Å²) in [5.41, 5.74) is 6.23. The lowest BCUT2D eigenvalue weighted by molar-refractivity contribution is -0.144. The predicted molar refractivity (Wildman–Crippen MR) is 75.7 cm³/mol. The van der Waals surface area contributed by atoms with Crippen LogP contribution >= 0.6 is 0 Å². The van der Waals surface area contributed by atoms with Crippen molar-refractivity contribution in [3.63, 3.8) is 0 Å². The van der Waals surface area contributed by atoms with Gasteiger partial charge in [0.05, 0.1) is 13.0 Å². The van der Waals surface area contributed by atoms with Gasteiger partial charge >= 0.3 is 5.97 Å². The minimum atomic E-state index is -0.297. The molecular weight excluding hydrogens is 256 g/mol. The molecule has 0 saturated heterocycles. The molecule has 3 atom stereocenters. The van der Waals surface area contributed by atoms with Crippen molar-refractivity contribution in [2.45, 2.75) is 45.1 Å². The Morgan fingerprint density at radius 2 is 1.90 bits per heavy atom. The molecule has 0 aliphatic heterocycles. The van der Waals surface area contributed by atoms with E-state index in [1.165, 1.54) is 13.5 Å². The molecule has 1 amide bonds. The Bertz CT molecular complexity index is 358. The summed E-state index contributed by atoms with van der Waals surface area (Å²) in [6.07, 6.45) is 5.35. The minimum Gasteiger partial charge on any atom is -0.469 e. The first kappa shape index (κ1) is 15.3. The monoisotopic (exact) mass is 282 g/mol. The molecule has 2 aliphatic carbocycles. The van der Waals surface area contributed by atoms with E-state index in [4.69, 9.17) is 5.73 Å². The normalized spacial score (nSPS) is 34.1. The summed E-state index contributed by atoms with van der Waals surface area (Å²) in [6.45, 7) is 2.11. The number of amides is 1. The van der Waals surface area contributed by atoms with Gasteiger partial charge in [0.1, 0.15) is 0 Å². The molecule has 0 aromatic rings. The van der Waals surface area contributed by atoms with Crippen LogP contribution in [0.3, 0.4) is 0 Å². The zero-order chi connectivity index (χ0) is 14.7. The van der Waals surface area contributed by atoms with Crippen LogP contribution in [-0.2, 0) is 14.3 Å². The third-order valence-corrected chi connectivity index (χ3v) is 4.97. The number of carbonyl (C=O) groups excluding carboxylic acids is 2. The van der Waals surface area contributed by atoms with Gasteiger partial charge in [-0.3, -0.25) is 9.59 Å². The molecule has 5 nitrogen and oxygen atoms in total. The third-order valence-electron chi connectivity index (χ3n) is 4.97. The molecule has 2 bridgehead atoms. The standard InChI is InChI=1S/C15H26N2O3/c1-9(15(19)20-2)8-17-14(18)12-6-10-4-3-5-11(7-12)13(10)16/h9-13H,3-8,16H2,1-2H3,(H,17,18). The molecule has 0 aromatic carbocycles. The number of rotatable bonds is 4. The van der Waals surface area contributed by atoms with Crippen molar-refractivity contribution in [1.82, 2.24) is 5.32 Å². The van der Waals surface area contributed by atoms with Crippen molar-refractivity contribution >= 4 is 11.9 Å². The Labute approximate surface area is 120 Å². The van der Waals surface area contributed by atoms with Gasteiger partial charge in [-0.1, -0.05) is 13.3 Å². The number of fused-ring (bicyclic) bond motifs is 2. The predicted octanol–water partition coefficient (Wildman–Crippen LogP) is 1.07. The number of carbonyl (C=O) groups is 2. The topological polar surface area (TPSA) is 81.4 Å². The van der Waals surface area contributed by atoms with Crippen molar-refractivity contribution < 1.29 is 14.3 Å². The summed E-state index contributed by atoms with van der Waals surface area (Å²) >= 11 is 0. The molecule has 2 fully saturated rings. The van der Waals surface area contributed by atoms with Crippen molar-refractivity contribution in [3.05, 3.63) is 0 Å². The number of hydrogen-bond donors (Lipinski definition) is 2. The largest absolute Gasteiger partial charge is 0.469 e. The Kier molecular flexibility index (Phi) is 5.02. The van der Waals surface area contributed by atoms with Gasteiger partial charge in [-0.05, 0) is 37.5 Å². The van der Waals surface area contributed by atoms with Crippen LogP contribution in [0.5, 0.6) is 0 Å². The second-order valence-corrected chi connectivity index (χ2v) is 6.37. The van der Waals surface area contributed by atoms with E-state index < -0.39 is 0 Å². The summed E-state index contributed by atoms with van der Waals surface area (Å²) in [6, 6.07) is 0.279. The lowest BCUT2D eigenvalue weighted by Gasteiger charge is -2.43. The second-order valence-electron chi connectivity index (χ2n) is 6.37. The maximum Gasteiger partial charge on any atom is 0.310 e. The van der Waals surface area contributed by atoms with Crippen LogP contribution in [0.2, 0.25) is 0 Å². The molecule has 20 heavy (non-hydrogen) atoms. The Morgan fingerprint density at radius 3 is 2.45 bits per heavy atom. The molecule has 0 aromatic heterocycles. The zero-order valence-corrected chi connectivity index (χ0v) is 12.4. The fourth-order valence-corrected chi connectivity index (χ4v) is 3.69. The number of nitrogens with two attached hydrogens (primary N) is 1. The van der Waals surface area contributed by atoms with E-state index in [9.17, 15) is 9.59 Å². The molecule has 114 valence electrons. The molecule has 0 radical (unpaired) electrons. The van der Waals surface area contributed by atoms with Crippen molar-refractivity contribution in [1.29, 1.82) is 0 Å². The summed E-state index contributed by atoms with van der Waals surface area (Å²) in [4.78, 5) is 23.6. The molecule has 0 spiro atoms. The Balaban J connectivity index is 1.83. The van der Waals surface area contributed by atoms with Gasteiger partial charge in [-0.15, -0.1) is 0 Å². The van der Waals surface area contributed by atoms with Gasteiger partial charge in [0.15, 0.2) is 0 Å². The molecule has 3 N–H and O–H groups in total. The van der Waals surface area contributed by atoms with Crippen LogP contribution in [-0.4, -0.2) is 31.6 Å². The third kappa shape index (κ3) is 3.32. The fourth-order valence-electron chi connectivity index (χ4n) is 3.69. The van der Waals surface area contributed by atoms with Gasteiger partial charge in [-0.2, -0.15) is 0 Å². The first-order chi connectivity index (χ1) is 9.52. The van der Waals surface area contributed by atoms with E-state index in [0.29, 0.717) is 18.4 Å². The molecular formula is C15H26N2O3. The number of hydrogen-bond acceptors (Lipinski definition) is 4. The van der Waals surface area contributed by atoms with Crippen molar-refractivity contribution in [2.24, 2.45) is 29.4 Å². The molecule has 0 heterocycles. The average Bonchev–Trinajstić information content (AvgIpc) is 2.43. The highest BCUT2D eigenvalue weighted by Crippen LogP contribution is 2.41. The van der Waals surface area contributed by atoms with Crippen LogP contribution < -0.4 is 11.1 Å². The van der Waals surface area contributed by atoms with E-state index in [1.54, 1.807) is 6.92 Å². The van der Waals surface area contributed by atoms with Gasteiger partial charge in [0, 0.05) is 18.5 Å². The van der Waals surface area contributed by atoms with E-state index in [-0.39, 0.29) is 29.8 Å². The number of nitrogens with one attached hydrogen (secondary N) is 1. The van der Waals surface area contributed by atoms with E-state index in [2.05, 4.69) is 10.1 Å². The Hall–Kier alpha value is -1.10. The average molecular weight is 282 g/mol. The number of ether oxygens (including phenoxy) is 1. The molecule has 3 unspecified atom stereocenters. The summed E-state index contributed by atoms with van der Waals surface area (Å²) in [5, 5.41) is 2.89. The van der Waals surface area contributed by atoms with Gasteiger partial charge in [-0.25, -0.2) is 0 Å². The van der Waals surface area contributed by atoms with Crippen LogP contribution in [0.4, 0.5) is 0 Å². The smallest absolute Gasteiger partial charge is 0.310 e. The Morgan fingerprint density at radius 1 is 1.30 bits per heavy atom. The first-order valence-corrected chi connectivity index (χ1v) is 7.64. The zero-order valence-electron chi connectivity index (χ0n) is 12.4. The van der Waals surface area contributed by atoms with E-state index in [1.807, 2.05) is 0 Å². The van der Waals surface area contributed by atoms with E-state index in [0.717, 1.165) is 25.7 Å². The van der Waals surface area contributed by atoms with Gasteiger partial charge < -0.3 is 15.8 Å². The van der Waals surface area contributed by atoms with E-state index >= 15 is 0 Å². The highest BCUT2D eigenvalue weighted by Gasteiger charge is 2.40. The number of esters is 1. The maximum atomic E-state index is 12.2. The highest BCUT2D eigenvalue weighted by molar-refractivity contribution is 5.80. The fraction of sp³-hybridized carbons (Fsp3) is 0.867. The quantitative estimate of drug-likeness (QED) is 0.756. The first-order valence-electron chi connectivity index (χ1n) is 7.64. The molecule has 2 aliphatic rings. The minimum absolute atomic E-state index is 0.0648. The molecule has 2 rings (SSSR count). The second kappa shape index (κ2) is 6.57. The lowest BCUT2D eigenvalue weighted by atomic mass is 9.65. The van der Waals surface area contributed by atoms with Crippen molar-refractivity contribution in [2.75, 3.05) is 13.7 Å². The van der Waals surface area contributed by atoms with Crippen LogP contribution in [0.1, 0.15) is 39.0 Å². The maximum absolute atomic E-state index is 12.2.